The average molecular weight is 395 g/mol. The van der Waals surface area contributed by atoms with Crippen LogP contribution in [0.15, 0.2) is 35.2 Å². The van der Waals surface area contributed by atoms with E-state index >= 15 is 0 Å². The van der Waals surface area contributed by atoms with E-state index in [1.165, 1.54) is 26.2 Å². The zero-order chi connectivity index (χ0) is 19.5. The van der Waals surface area contributed by atoms with Crippen molar-refractivity contribution in [2.45, 2.75) is 31.6 Å². The van der Waals surface area contributed by atoms with Crippen LogP contribution in [0.4, 0.5) is 5.69 Å². The number of thiophene rings is 1. The van der Waals surface area contributed by atoms with Crippen molar-refractivity contribution in [3.8, 4) is 0 Å². The maximum atomic E-state index is 12.2. The minimum Gasteiger partial charge on any atom is -0.326 e. The molecule has 0 aliphatic heterocycles. The quantitative estimate of drug-likeness (QED) is 0.731. The number of nitrogens with one attached hydrogen (secondary N) is 1. The van der Waals surface area contributed by atoms with Crippen molar-refractivity contribution in [2.24, 2.45) is 0 Å². The lowest BCUT2D eigenvalue weighted by molar-refractivity contribution is -0.116. The molecule has 1 aromatic carbocycles. The summed E-state index contributed by atoms with van der Waals surface area (Å²) in [4.78, 5) is 26.5. The van der Waals surface area contributed by atoms with Crippen molar-refractivity contribution in [2.75, 3.05) is 19.4 Å². The van der Waals surface area contributed by atoms with Crippen molar-refractivity contribution < 1.29 is 18.0 Å². The molecule has 0 bridgehead atoms. The average Bonchev–Trinajstić information content (AvgIpc) is 2.91. The van der Waals surface area contributed by atoms with Gasteiger partial charge in [-0.15, -0.1) is 11.3 Å². The van der Waals surface area contributed by atoms with Gasteiger partial charge in [0.2, 0.25) is 15.9 Å². The number of ketones is 1. The number of hydrogen-bond donors (Lipinski definition) is 1. The van der Waals surface area contributed by atoms with Crippen molar-refractivity contribution in [1.82, 2.24) is 4.31 Å². The zero-order valence-electron chi connectivity index (χ0n) is 15.2. The van der Waals surface area contributed by atoms with Crippen LogP contribution in [0.5, 0.6) is 0 Å². The molecule has 26 heavy (non-hydrogen) atoms. The largest absolute Gasteiger partial charge is 0.326 e. The van der Waals surface area contributed by atoms with Gasteiger partial charge in [-0.3, -0.25) is 9.59 Å². The van der Waals surface area contributed by atoms with Crippen molar-refractivity contribution in [3.63, 3.8) is 0 Å². The number of carbonyl (C=O) groups excluding carboxylic acids is 2. The molecule has 8 heteroatoms. The summed E-state index contributed by atoms with van der Waals surface area (Å²) in [6.07, 6.45) is 0.149. The molecule has 2 aromatic rings. The smallest absolute Gasteiger partial charge is 0.242 e. The fourth-order valence-electron chi connectivity index (χ4n) is 2.44. The number of rotatable bonds is 7. The SMILES string of the molecule is Cc1cc(C(=O)CCC(=O)Nc2cccc(S(=O)(=O)N(C)C)c2)c(C)s1. The van der Waals surface area contributed by atoms with Gasteiger partial charge in [-0.2, -0.15) is 0 Å². The first-order valence-corrected chi connectivity index (χ1v) is 10.3. The van der Waals surface area contributed by atoms with Crippen molar-refractivity contribution in [1.29, 1.82) is 0 Å². The Kier molecular flexibility index (Phi) is 6.33. The highest BCUT2D eigenvalue weighted by Gasteiger charge is 2.18. The Bertz CT molecular complexity index is 930. The van der Waals surface area contributed by atoms with Crippen LogP contribution in [-0.2, 0) is 14.8 Å². The number of sulfonamides is 1. The minimum atomic E-state index is -3.57. The third kappa shape index (κ3) is 4.78. The molecule has 0 fully saturated rings. The number of anilines is 1. The standard InChI is InChI=1S/C18H22N2O4S2/c1-12-10-16(13(2)25-12)17(21)8-9-18(22)19-14-6-5-7-15(11-14)26(23,24)20(3)4/h5-7,10-11H,8-9H2,1-4H3,(H,19,22). The maximum absolute atomic E-state index is 12.2. The van der Waals surface area contributed by atoms with Gasteiger partial charge in [0.25, 0.3) is 0 Å². The van der Waals surface area contributed by atoms with Crippen LogP contribution in [0.2, 0.25) is 0 Å². The summed E-state index contributed by atoms with van der Waals surface area (Å²) in [5.41, 5.74) is 1.05. The molecule has 0 aliphatic carbocycles. The maximum Gasteiger partial charge on any atom is 0.242 e. The predicted molar refractivity (Wildman–Crippen MR) is 103 cm³/mol. The summed E-state index contributed by atoms with van der Waals surface area (Å²) in [5.74, 6) is -0.395. The van der Waals surface area contributed by atoms with Gasteiger partial charge in [-0.25, -0.2) is 12.7 Å². The fourth-order valence-corrected chi connectivity index (χ4v) is 4.33. The third-order valence-corrected chi connectivity index (χ3v) is 6.59. The number of aryl methyl sites for hydroxylation is 2. The molecule has 0 saturated carbocycles. The Balaban J connectivity index is 2.00. The first-order chi connectivity index (χ1) is 12.1. The lowest BCUT2D eigenvalue weighted by Gasteiger charge is -2.12. The molecule has 0 unspecified atom stereocenters. The Morgan fingerprint density at radius 3 is 2.38 bits per heavy atom. The summed E-state index contributed by atoms with van der Waals surface area (Å²) in [7, 11) is -0.681. The molecular weight excluding hydrogens is 372 g/mol. The molecule has 1 heterocycles. The molecule has 0 aliphatic rings. The number of amides is 1. The molecular formula is C18H22N2O4S2. The van der Waals surface area contributed by atoms with Gasteiger partial charge >= 0.3 is 0 Å². The molecule has 6 nitrogen and oxygen atoms in total. The number of Topliss-reactive ketones (excluding diaryl/α,β-unsaturated/α-hetero) is 1. The Hall–Kier alpha value is -2.03. The van der Waals surface area contributed by atoms with E-state index in [1.807, 2.05) is 19.9 Å². The second kappa shape index (κ2) is 8.11. The van der Waals surface area contributed by atoms with Gasteiger partial charge in [0.05, 0.1) is 4.90 Å². The van der Waals surface area contributed by atoms with Crippen LogP contribution in [0.3, 0.4) is 0 Å². The predicted octanol–water partition coefficient (Wildman–Crippen LogP) is 3.22. The number of carbonyl (C=O) groups is 2. The Morgan fingerprint density at radius 2 is 1.81 bits per heavy atom. The molecule has 0 spiro atoms. The Labute approximate surface area is 157 Å². The second-order valence-electron chi connectivity index (χ2n) is 6.11. The van der Waals surface area contributed by atoms with E-state index < -0.39 is 10.0 Å². The van der Waals surface area contributed by atoms with Gasteiger partial charge in [0.15, 0.2) is 5.78 Å². The zero-order valence-corrected chi connectivity index (χ0v) is 16.8. The summed E-state index contributed by atoms with van der Waals surface area (Å²) in [6.45, 7) is 3.83. The third-order valence-electron chi connectivity index (χ3n) is 3.82. The van der Waals surface area contributed by atoms with Gasteiger partial charge in [0.1, 0.15) is 0 Å². The van der Waals surface area contributed by atoms with E-state index in [1.54, 1.807) is 23.5 Å². The lowest BCUT2D eigenvalue weighted by Crippen LogP contribution is -2.22. The van der Waals surface area contributed by atoms with Crippen LogP contribution in [-0.4, -0.2) is 38.5 Å². The van der Waals surface area contributed by atoms with Crippen molar-refractivity contribution in [3.05, 3.63) is 45.6 Å². The first kappa shape index (κ1) is 20.3. The Morgan fingerprint density at radius 1 is 1.12 bits per heavy atom. The van der Waals surface area contributed by atoms with E-state index in [2.05, 4.69) is 5.32 Å². The summed E-state index contributed by atoms with van der Waals surface area (Å²) < 4.78 is 25.4. The lowest BCUT2D eigenvalue weighted by atomic mass is 10.1. The van der Waals surface area contributed by atoms with E-state index in [0.29, 0.717) is 11.3 Å². The number of benzene rings is 1. The van der Waals surface area contributed by atoms with E-state index in [4.69, 9.17) is 0 Å². The number of nitrogens with zero attached hydrogens (tertiary/aromatic N) is 1. The first-order valence-electron chi connectivity index (χ1n) is 8.04. The molecule has 1 amide bonds. The molecule has 1 N–H and O–H groups in total. The molecule has 2 rings (SSSR count). The monoisotopic (exact) mass is 394 g/mol. The summed E-state index contributed by atoms with van der Waals surface area (Å²) in [6, 6.07) is 7.89. The molecule has 1 aromatic heterocycles. The van der Waals surface area contributed by atoms with Crippen LogP contribution in [0.25, 0.3) is 0 Å². The van der Waals surface area contributed by atoms with Crippen molar-refractivity contribution >= 4 is 38.7 Å². The second-order valence-corrected chi connectivity index (χ2v) is 9.73. The fraction of sp³-hybridized carbons (Fsp3) is 0.333. The van der Waals surface area contributed by atoms with Gasteiger partial charge in [-0.1, -0.05) is 6.07 Å². The van der Waals surface area contributed by atoms with Gasteiger partial charge in [0, 0.05) is 47.9 Å². The van der Waals surface area contributed by atoms with Crippen LogP contribution < -0.4 is 5.32 Å². The summed E-state index contributed by atoms with van der Waals surface area (Å²) in [5, 5.41) is 2.65. The molecule has 0 radical (unpaired) electrons. The topological polar surface area (TPSA) is 83.5 Å². The minimum absolute atomic E-state index is 0.0395. The van der Waals surface area contributed by atoms with E-state index in [0.717, 1.165) is 14.1 Å². The molecule has 0 atom stereocenters. The van der Waals surface area contributed by atoms with E-state index in [-0.39, 0.29) is 29.4 Å². The number of hydrogen-bond acceptors (Lipinski definition) is 5. The normalized spacial score (nSPS) is 11.6. The highest BCUT2D eigenvalue weighted by Crippen LogP contribution is 2.22. The highest BCUT2D eigenvalue weighted by molar-refractivity contribution is 7.89. The van der Waals surface area contributed by atoms with Crippen LogP contribution in [0, 0.1) is 13.8 Å². The van der Waals surface area contributed by atoms with Crippen LogP contribution in [0.1, 0.15) is 33.0 Å². The van der Waals surface area contributed by atoms with Gasteiger partial charge in [-0.05, 0) is 38.1 Å². The highest BCUT2D eigenvalue weighted by atomic mass is 32.2. The van der Waals surface area contributed by atoms with Gasteiger partial charge < -0.3 is 5.32 Å². The van der Waals surface area contributed by atoms with E-state index in [9.17, 15) is 18.0 Å². The molecule has 0 saturated heterocycles. The summed E-state index contributed by atoms with van der Waals surface area (Å²) >= 11 is 1.56. The van der Waals surface area contributed by atoms with Crippen LogP contribution >= 0.6 is 11.3 Å². The molecule has 140 valence electrons.